The topological polar surface area (TPSA) is 21.3 Å². The normalized spacial score (nSPS) is 12.9. The quantitative estimate of drug-likeness (QED) is 0.452. The van der Waals surface area contributed by atoms with Crippen molar-refractivity contribution in [2.24, 2.45) is 0 Å². The minimum atomic E-state index is 1.34. The van der Waals surface area contributed by atoms with Gasteiger partial charge in [0.1, 0.15) is 6.26 Å². The van der Waals surface area contributed by atoms with Gasteiger partial charge in [0.15, 0.2) is 0 Å². The number of hydroxylamine groups is 1. The average molecular weight is 285 g/mol. The summed E-state index contributed by atoms with van der Waals surface area (Å²) in [7, 11) is 0. The zero-order valence-electron chi connectivity index (χ0n) is 12.0. The lowest BCUT2D eigenvalue weighted by molar-refractivity contribution is 0.172. The van der Waals surface area contributed by atoms with Gasteiger partial charge in [-0.3, -0.25) is 0 Å². The van der Waals surface area contributed by atoms with Crippen molar-refractivity contribution in [1.29, 1.82) is 0 Å². The van der Waals surface area contributed by atoms with Crippen LogP contribution in [0.3, 0.4) is 0 Å². The lowest BCUT2D eigenvalue weighted by Crippen LogP contribution is -2.01. The van der Waals surface area contributed by atoms with Gasteiger partial charge in [-0.25, -0.2) is 5.48 Å². The van der Waals surface area contributed by atoms with Gasteiger partial charge < -0.3 is 4.84 Å². The molecule has 0 spiro atoms. The van der Waals surface area contributed by atoms with Crippen molar-refractivity contribution in [3.05, 3.63) is 85.3 Å². The molecule has 4 aromatic rings. The van der Waals surface area contributed by atoms with Gasteiger partial charge in [-0.15, -0.1) is 0 Å². The van der Waals surface area contributed by atoms with E-state index < -0.39 is 0 Å². The van der Waals surface area contributed by atoms with Crippen LogP contribution >= 0.6 is 0 Å². The second kappa shape index (κ2) is 5.41. The third-order valence-electron chi connectivity index (χ3n) is 3.88. The number of rotatable bonds is 0. The van der Waals surface area contributed by atoms with E-state index in [0.717, 1.165) is 0 Å². The molecule has 1 aliphatic rings. The Morgan fingerprint density at radius 1 is 0.591 bits per heavy atom. The highest BCUT2D eigenvalue weighted by atomic mass is 16.6. The Hall–Kier alpha value is -3.00. The minimum Gasteiger partial charge on any atom is -0.391 e. The van der Waals surface area contributed by atoms with Gasteiger partial charge in [0.2, 0.25) is 0 Å². The molecular weight excluding hydrogens is 270 g/mol. The third-order valence-corrected chi connectivity index (χ3v) is 3.88. The summed E-state index contributed by atoms with van der Waals surface area (Å²) in [6.45, 7) is 0. The van der Waals surface area contributed by atoms with E-state index in [2.05, 4.69) is 71.0 Å². The Morgan fingerprint density at radius 3 is 1.36 bits per heavy atom. The summed E-state index contributed by atoms with van der Waals surface area (Å²) >= 11 is 0. The first-order valence-corrected chi connectivity index (χ1v) is 7.29. The van der Waals surface area contributed by atoms with E-state index in [1.165, 1.54) is 32.3 Å². The molecule has 0 atom stereocenters. The second-order valence-electron chi connectivity index (χ2n) is 5.21. The number of benzene rings is 4. The van der Waals surface area contributed by atoms with Crippen molar-refractivity contribution >= 4 is 32.3 Å². The molecule has 0 amide bonds. The van der Waals surface area contributed by atoms with Gasteiger partial charge >= 0.3 is 0 Å². The first kappa shape index (κ1) is 12.7. The molecule has 2 heteroatoms. The van der Waals surface area contributed by atoms with Crippen LogP contribution < -0.4 is 5.48 Å². The minimum absolute atomic E-state index is 1.34. The number of hydrogen-bond acceptors (Lipinski definition) is 2. The maximum absolute atomic E-state index is 4.55. The summed E-state index contributed by atoms with van der Waals surface area (Å²) in [4.78, 5) is 4.55. The highest BCUT2D eigenvalue weighted by Gasteiger charge is 2.05. The fourth-order valence-electron chi connectivity index (χ4n) is 2.93. The van der Waals surface area contributed by atoms with Gasteiger partial charge in [0.05, 0.1) is 0 Å². The molecule has 0 bridgehead atoms. The van der Waals surface area contributed by atoms with Crippen LogP contribution in [0.4, 0.5) is 0 Å². The average Bonchev–Trinajstić information content (AvgIpc) is 2.62. The summed E-state index contributed by atoms with van der Waals surface area (Å²) in [6, 6.07) is 21.9. The second-order valence-corrected chi connectivity index (χ2v) is 5.21. The van der Waals surface area contributed by atoms with Gasteiger partial charge in [-0.05, 0) is 44.5 Å². The predicted molar refractivity (Wildman–Crippen MR) is 92.6 cm³/mol. The molecule has 1 heterocycles. The van der Waals surface area contributed by atoms with E-state index in [0.29, 0.717) is 0 Å². The lowest BCUT2D eigenvalue weighted by atomic mass is 9.95. The smallest absolute Gasteiger partial charge is 0.119 e. The van der Waals surface area contributed by atoms with Crippen molar-refractivity contribution in [2.45, 2.75) is 0 Å². The number of allylic oxidation sites excluding steroid dienone is 2. The van der Waals surface area contributed by atoms with Crippen LogP contribution in [0, 0.1) is 0 Å². The van der Waals surface area contributed by atoms with Crippen LogP contribution in [0.2, 0.25) is 0 Å². The van der Waals surface area contributed by atoms with E-state index in [-0.39, 0.29) is 0 Å². The van der Waals surface area contributed by atoms with Crippen molar-refractivity contribution < 1.29 is 4.84 Å². The fourth-order valence-corrected chi connectivity index (χ4v) is 2.93. The van der Waals surface area contributed by atoms with Crippen LogP contribution in [-0.2, 0) is 4.84 Å². The Kier molecular flexibility index (Phi) is 3.13. The van der Waals surface area contributed by atoms with Crippen LogP contribution in [0.15, 0.2) is 85.3 Å². The zero-order valence-corrected chi connectivity index (χ0v) is 12.0. The summed E-state index contributed by atoms with van der Waals surface area (Å²) < 4.78 is 0. The molecule has 0 aromatic heterocycles. The standard InChI is InChI=1S/C16H10.C4H5NO/c1-3-11-7-9-13-5-2-6-14-10-8-12(4-1)15(11)16(13)14;1-2-4-6-5-3-1/h1-10H;1-5H. The molecule has 0 unspecified atom stereocenters. The summed E-state index contributed by atoms with van der Waals surface area (Å²) in [6.07, 6.45) is 6.93. The van der Waals surface area contributed by atoms with Gasteiger partial charge in [0, 0.05) is 6.20 Å². The Bertz CT molecular complexity index is 843. The molecule has 0 saturated carbocycles. The van der Waals surface area contributed by atoms with Gasteiger partial charge in [-0.2, -0.15) is 0 Å². The molecule has 4 aromatic carbocycles. The molecular formula is C20H15NO. The summed E-state index contributed by atoms with van der Waals surface area (Å²) in [5.74, 6) is 0. The largest absolute Gasteiger partial charge is 0.391 e. The maximum atomic E-state index is 4.55. The van der Waals surface area contributed by atoms with Crippen molar-refractivity contribution in [1.82, 2.24) is 5.48 Å². The Balaban J connectivity index is 0.000000177. The number of nitrogens with one attached hydrogen (secondary N) is 1. The van der Waals surface area contributed by atoms with Crippen LogP contribution in [0.1, 0.15) is 0 Å². The molecule has 0 radical (unpaired) electrons. The molecule has 2 nitrogen and oxygen atoms in total. The maximum Gasteiger partial charge on any atom is 0.119 e. The van der Waals surface area contributed by atoms with Gasteiger partial charge in [-0.1, -0.05) is 60.7 Å². The first-order chi connectivity index (χ1) is 10.9. The fraction of sp³-hybridized carbons (Fsp3) is 0. The number of hydrogen-bond donors (Lipinski definition) is 1. The molecule has 5 rings (SSSR count). The van der Waals surface area contributed by atoms with Gasteiger partial charge in [0.25, 0.3) is 0 Å². The molecule has 106 valence electrons. The molecule has 0 saturated heterocycles. The highest BCUT2D eigenvalue weighted by Crippen LogP contribution is 2.33. The monoisotopic (exact) mass is 285 g/mol. The molecule has 0 fully saturated rings. The SMILES string of the molecule is C1=CNOC=C1.c1cc2ccc3cccc4ccc(c1)c2c34. The molecule has 0 aliphatic carbocycles. The zero-order chi connectivity index (χ0) is 14.8. The van der Waals surface area contributed by atoms with Crippen molar-refractivity contribution in [3.63, 3.8) is 0 Å². The van der Waals surface area contributed by atoms with E-state index in [1.54, 1.807) is 18.5 Å². The molecule has 1 aliphatic heterocycles. The van der Waals surface area contributed by atoms with E-state index in [1.807, 2.05) is 6.08 Å². The van der Waals surface area contributed by atoms with E-state index in [9.17, 15) is 0 Å². The summed E-state index contributed by atoms with van der Waals surface area (Å²) in [5.41, 5.74) is 2.52. The Labute approximate surface area is 128 Å². The Morgan fingerprint density at radius 2 is 1.09 bits per heavy atom. The first-order valence-electron chi connectivity index (χ1n) is 7.29. The summed E-state index contributed by atoms with van der Waals surface area (Å²) in [5, 5.41) is 8.14. The van der Waals surface area contributed by atoms with Crippen LogP contribution in [0.25, 0.3) is 32.3 Å². The van der Waals surface area contributed by atoms with Crippen LogP contribution in [0.5, 0.6) is 0 Å². The van der Waals surface area contributed by atoms with E-state index >= 15 is 0 Å². The van der Waals surface area contributed by atoms with E-state index in [4.69, 9.17) is 0 Å². The predicted octanol–water partition coefficient (Wildman–Crippen LogP) is 5.13. The molecule has 1 N–H and O–H groups in total. The van der Waals surface area contributed by atoms with Crippen molar-refractivity contribution in [3.8, 4) is 0 Å². The highest BCUT2D eigenvalue weighted by molar-refractivity contribution is 6.22. The third kappa shape index (κ3) is 2.15. The van der Waals surface area contributed by atoms with Crippen LogP contribution in [-0.4, -0.2) is 0 Å². The molecule has 22 heavy (non-hydrogen) atoms. The van der Waals surface area contributed by atoms with Crippen molar-refractivity contribution in [2.75, 3.05) is 0 Å². The lowest BCUT2D eigenvalue weighted by Gasteiger charge is -2.09.